The molecule has 2 heterocycles. The Hall–Kier alpha value is -4.78. The molecule has 12 nitrogen and oxygen atoms in total. The van der Waals surface area contributed by atoms with Crippen LogP contribution in [0.2, 0.25) is 0 Å². The second-order valence-corrected chi connectivity index (χ2v) is 17.2. The van der Waals surface area contributed by atoms with E-state index in [1.807, 2.05) is 21.6 Å². The maximum atomic E-state index is 9.22. The lowest BCUT2D eigenvalue weighted by molar-refractivity contribution is -0.646. The molecule has 58 heavy (non-hydrogen) atoms. The lowest BCUT2D eigenvalue weighted by atomic mass is 10.1. The van der Waals surface area contributed by atoms with Crippen LogP contribution in [0.25, 0.3) is 46.1 Å². The van der Waals surface area contributed by atoms with Crippen molar-refractivity contribution in [2.24, 2.45) is 14.1 Å². The average Bonchev–Trinajstić information content (AvgIpc) is 3.22. The fourth-order valence-electron chi connectivity index (χ4n) is 5.58. The molecule has 0 radical (unpaired) electrons. The Bertz CT molecular complexity index is 2370. The van der Waals surface area contributed by atoms with Crippen LogP contribution in [0.15, 0.2) is 121 Å². The molecule has 2 aromatic heterocycles. The minimum absolute atomic E-state index is 0.808. The summed E-state index contributed by atoms with van der Waals surface area (Å²) in [5.74, 6) is 2.06. The Balaban J connectivity index is 0.000000542. The Kier molecular flexibility index (Phi) is 18.2. The molecule has 16 heteroatoms. The van der Waals surface area contributed by atoms with Crippen LogP contribution in [0.5, 0.6) is 0 Å². The van der Waals surface area contributed by atoms with Gasteiger partial charge in [-0.15, -0.1) is 0 Å². The number of aromatic nitrogens is 2. The van der Waals surface area contributed by atoms with Gasteiger partial charge in [0, 0.05) is 83.2 Å². The summed E-state index contributed by atoms with van der Waals surface area (Å²) in [6, 6.07) is 42.8. The van der Waals surface area contributed by atoms with Crippen LogP contribution in [-0.4, -0.2) is 64.8 Å². The van der Waals surface area contributed by atoms with Crippen LogP contribution >= 0.6 is 21.6 Å². The lowest BCUT2D eigenvalue weighted by Crippen LogP contribution is -2.32. The maximum absolute atomic E-state index is 9.22. The molecule has 4 aromatic carbocycles. The summed E-state index contributed by atoms with van der Waals surface area (Å²) < 4.78 is 66.5. The summed E-state index contributed by atoms with van der Waals surface area (Å²) in [6.45, 7) is 1.83. The number of fused-ring (bicyclic) bond motifs is 2. The quantitative estimate of drug-likeness (QED) is 0.0355. The Morgan fingerprint density at radius 1 is 0.534 bits per heavy atom. The van der Waals surface area contributed by atoms with Gasteiger partial charge in [0.05, 0.1) is 14.2 Å². The van der Waals surface area contributed by atoms with Gasteiger partial charge in [-0.1, -0.05) is 82.3 Å². The zero-order chi connectivity index (χ0) is 42.0. The summed E-state index contributed by atoms with van der Waals surface area (Å²) in [4.78, 5) is 0. The zero-order valence-corrected chi connectivity index (χ0v) is 35.7. The molecule has 0 bridgehead atoms. The van der Waals surface area contributed by atoms with E-state index in [9.17, 15) is 25.9 Å². The highest BCUT2D eigenvalue weighted by Crippen LogP contribution is 2.24. The average molecular weight is 863 g/mol. The van der Waals surface area contributed by atoms with Crippen molar-refractivity contribution >= 4 is 99.9 Å². The van der Waals surface area contributed by atoms with E-state index in [0.717, 1.165) is 50.2 Å². The normalized spacial score (nSPS) is 11.6. The predicted molar refractivity (Wildman–Crippen MR) is 236 cm³/mol. The van der Waals surface area contributed by atoms with Gasteiger partial charge in [-0.05, 0) is 59.7 Å². The van der Waals surface area contributed by atoms with Crippen LogP contribution in [-0.2, 0) is 43.3 Å². The number of benzene rings is 4. The predicted octanol–water partition coefficient (Wildman–Crippen LogP) is 7.07. The third-order valence-corrected chi connectivity index (χ3v) is 11.7. The van der Waals surface area contributed by atoms with Crippen molar-refractivity contribution in [2.45, 2.75) is 0 Å². The molecule has 0 spiro atoms. The molecule has 0 unspecified atom stereocenters. The van der Waals surface area contributed by atoms with Crippen molar-refractivity contribution < 1.29 is 43.4 Å². The molecule has 0 saturated carbocycles. The Labute approximate surface area is 348 Å². The highest BCUT2D eigenvalue weighted by molar-refractivity contribution is 8.76. The molecule has 0 fully saturated rings. The molecule has 0 amide bonds. The number of anilines is 2. The van der Waals surface area contributed by atoms with Crippen molar-refractivity contribution in [2.75, 3.05) is 49.4 Å². The first-order valence-corrected chi connectivity index (χ1v) is 23.0. The van der Waals surface area contributed by atoms with Crippen LogP contribution < -0.4 is 19.8 Å². The number of rotatable bonds is 15. The third-order valence-electron chi connectivity index (χ3n) is 8.52. The van der Waals surface area contributed by atoms with E-state index in [4.69, 9.17) is 0 Å². The molecule has 0 aliphatic heterocycles. The summed E-state index contributed by atoms with van der Waals surface area (Å²) in [6.07, 6.45) is 8.80. The SMILES string of the molecule is COS(=O)(=O)[O-].COS(=O)(=O)[O-].C[n+]1c(/C=C/c2ccccc2NCCSSCCNc2ccccc2/C=C/c2ccc3ccccc3[n+]2C)ccc2ccccc21. The number of nitrogens with one attached hydrogen (secondary N) is 2. The van der Waals surface area contributed by atoms with Gasteiger partial charge in [0.1, 0.15) is 14.1 Å². The minimum Gasteiger partial charge on any atom is -0.726 e. The monoisotopic (exact) mass is 862 g/mol. The number of pyridine rings is 2. The number of nitrogens with zero attached hydrogens (tertiary/aromatic N) is 2. The van der Waals surface area contributed by atoms with E-state index in [-0.39, 0.29) is 0 Å². The Morgan fingerprint density at radius 2 is 0.879 bits per heavy atom. The molecule has 306 valence electrons. The first-order valence-electron chi connectivity index (χ1n) is 17.8. The fraction of sp³-hybridized carbons (Fsp3) is 0.190. The van der Waals surface area contributed by atoms with Gasteiger partial charge in [0.15, 0.2) is 0 Å². The largest absolute Gasteiger partial charge is 0.726 e. The van der Waals surface area contributed by atoms with E-state index in [1.54, 1.807) is 0 Å². The highest BCUT2D eigenvalue weighted by Gasteiger charge is 2.10. The van der Waals surface area contributed by atoms with E-state index < -0.39 is 20.8 Å². The van der Waals surface area contributed by atoms with Gasteiger partial charge >= 0.3 is 0 Å². The molecule has 2 N–H and O–H groups in total. The van der Waals surface area contributed by atoms with Crippen LogP contribution in [0.1, 0.15) is 22.5 Å². The first-order chi connectivity index (χ1) is 27.8. The second kappa shape index (κ2) is 23.0. The molecule has 0 aliphatic carbocycles. The van der Waals surface area contributed by atoms with Crippen LogP contribution in [0.3, 0.4) is 0 Å². The van der Waals surface area contributed by atoms with Gasteiger partial charge in [-0.25, -0.2) is 16.8 Å². The molecular weight excluding hydrogens is 817 g/mol. The topological polar surface area (TPSA) is 165 Å². The molecular formula is C42H46N4O8S4. The molecule has 6 aromatic rings. The number of hydrogen-bond acceptors (Lipinski definition) is 12. The number of aryl methyl sites for hydroxylation is 2. The summed E-state index contributed by atoms with van der Waals surface area (Å²) in [5.41, 5.74) is 9.52. The van der Waals surface area contributed by atoms with Crippen molar-refractivity contribution in [3.05, 3.63) is 144 Å². The van der Waals surface area contributed by atoms with Gasteiger partial charge in [0.25, 0.3) is 0 Å². The molecule has 0 aliphatic rings. The maximum Gasteiger partial charge on any atom is 0.217 e. The molecule has 0 saturated heterocycles. The van der Waals surface area contributed by atoms with Crippen molar-refractivity contribution in [1.82, 2.24) is 0 Å². The smallest absolute Gasteiger partial charge is 0.217 e. The van der Waals surface area contributed by atoms with E-state index >= 15 is 0 Å². The summed E-state index contributed by atoms with van der Waals surface area (Å²) >= 11 is 0. The van der Waals surface area contributed by atoms with Gasteiger partial charge < -0.3 is 19.7 Å². The molecule has 6 rings (SSSR count). The van der Waals surface area contributed by atoms with E-state index in [1.165, 1.54) is 44.3 Å². The first kappa shape index (κ1) is 45.9. The number of hydrogen-bond donors (Lipinski definition) is 2. The molecule has 0 atom stereocenters. The zero-order valence-electron chi connectivity index (χ0n) is 32.5. The summed E-state index contributed by atoms with van der Waals surface area (Å²) in [5, 5.41) is 9.78. The van der Waals surface area contributed by atoms with Crippen LogP contribution in [0.4, 0.5) is 11.4 Å². The fourth-order valence-corrected chi connectivity index (χ4v) is 7.40. The summed E-state index contributed by atoms with van der Waals surface area (Å²) in [7, 11) is 0.875. The van der Waals surface area contributed by atoms with Crippen LogP contribution in [0, 0.1) is 0 Å². The van der Waals surface area contributed by atoms with Crippen molar-refractivity contribution in [1.29, 1.82) is 0 Å². The van der Waals surface area contributed by atoms with Gasteiger partial charge in [-0.2, -0.15) is 9.13 Å². The lowest BCUT2D eigenvalue weighted by Gasteiger charge is -2.10. The van der Waals surface area contributed by atoms with Crippen molar-refractivity contribution in [3.8, 4) is 0 Å². The van der Waals surface area contributed by atoms with Crippen molar-refractivity contribution in [3.63, 3.8) is 0 Å². The second-order valence-electron chi connectivity index (χ2n) is 12.2. The van der Waals surface area contributed by atoms with Gasteiger partial charge in [-0.3, -0.25) is 8.37 Å². The minimum atomic E-state index is -4.41. The number of para-hydroxylation sites is 4. The third kappa shape index (κ3) is 15.2. The Morgan fingerprint density at radius 3 is 1.26 bits per heavy atom. The van der Waals surface area contributed by atoms with E-state index in [0.29, 0.717) is 0 Å². The highest BCUT2D eigenvalue weighted by atomic mass is 33.1. The van der Waals surface area contributed by atoms with Gasteiger partial charge in [0.2, 0.25) is 43.2 Å². The van der Waals surface area contributed by atoms with E-state index in [2.05, 4.69) is 188 Å². The standard InChI is InChI=1S/C40H38N4S2.2CH4O4S/c1-43-35(25-21-33-13-5-9-17-39(33)43)23-19-31-11-3-7-15-37(31)41-27-29-45-46-30-28-42-38-16-8-4-12-32(38)20-24-36-26-22-34-14-6-10-18-40(34)44(36)2;2*1-5-6(2,3)4/h3-26H,27-30H2,1-2H3;2*1H3,(H,2,3,4).